The van der Waals surface area contributed by atoms with Crippen molar-refractivity contribution in [2.24, 2.45) is 0 Å². The van der Waals surface area contributed by atoms with Crippen molar-refractivity contribution >= 4 is 46.3 Å². The van der Waals surface area contributed by atoms with E-state index in [9.17, 15) is 0 Å². The first kappa shape index (κ1) is 27.9. The third-order valence-corrected chi connectivity index (χ3v) is 15.5. The number of nitrogens with zero attached hydrogens (tertiary/aromatic N) is 1. The number of hydrogen-bond acceptors (Lipinski definition) is 0. The first-order chi connectivity index (χ1) is 22.3. The molecule has 3 aliphatic rings. The highest BCUT2D eigenvalue weighted by Gasteiger charge is 2.47. The lowest BCUT2D eigenvalue weighted by Gasteiger charge is -2.41. The van der Waals surface area contributed by atoms with E-state index in [-0.39, 0.29) is 0 Å². The molecule has 4 aromatic carbocycles. The highest BCUT2D eigenvalue weighted by molar-refractivity contribution is 7.13. The Morgan fingerprint density at radius 2 is 1.49 bits per heavy atom. The van der Waals surface area contributed by atoms with E-state index < -0.39 is 8.07 Å². The molecule has 1 heterocycles. The number of allylic oxidation sites excluding steroid dienone is 9. The molecule has 0 saturated heterocycles. The van der Waals surface area contributed by atoms with Crippen LogP contribution in [0.4, 0.5) is 0 Å². The second-order valence-corrected chi connectivity index (χ2v) is 16.8. The van der Waals surface area contributed by atoms with Crippen molar-refractivity contribution in [3.8, 4) is 11.1 Å². The van der Waals surface area contributed by atoms with Crippen molar-refractivity contribution in [3.05, 3.63) is 163 Å². The molecule has 45 heavy (non-hydrogen) atoms. The van der Waals surface area contributed by atoms with Crippen LogP contribution in [-0.2, 0) is 0 Å². The Labute approximate surface area is 268 Å². The van der Waals surface area contributed by atoms with Crippen LogP contribution in [-0.4, -0.2) is 12.6 Å². The van der Waals surface area contributed by atoms with Crippen molar-refractivity contribution in [1.82, 2.24) is 4.57 Å². The zero-order chi connectivity index (χ0) is 30.2. The number of hydrogen-bond donors (Lipinski definition) is 0. The predicted octanol–water partition coefficient (Wildman–Crippen LogP) is 9.38. The quantitative estimate of drug-likeness (QED) is 0.136. The van der Waals surface area contributed by atoms with Gasteiger partial charge in [0.05, 0.1) is 5.52 Å². The van der Waals surface area contributed by atoms with E-state index in [1.54, 1.807) is 0 Å². The Balaban J connectivity index is 1.47. The van der Waals surface area contributed by atoms with Crippen LogP contribution >= 0.6 is 0 Å². The summed E-state index contributed by atoms with van der Waals surface area (Å²) in [5, 5.41) is 5.81. The standard InChI is InChI=1S/C43H39NSi/c1-32-17-16-27-39-40-31-37(29-30-41(40)44(43(32)39)34-20-8-3-9-21-34)45(35-22-10-4-11-23-35,36-24-12-5-13-25-36)42-28-15-14-26-38(42)33-18-6-2-7-19-33/h2,4-8,10-16,18-24,26-32,36H,3,9,17,25H2,1H3. The Kier molecular flexibility index (Phi) is 7.23. The minimum absolute atomic E-state index is 0.378. The zero-order valence-corrected chi connectivity index (χ0v) is 26.9. The van der Waals surface area contributed by atoms with Gasteiger partial charge in [-0.1, -0.05) is 153 Å². The summed E-state index contributed by atoms with van der Waals surface area (Å²) in [6.07, 6.45) is 25.6. The normalized spacial score (nSPS) is 20.2. The molecule has 0 radical (unpaired) electrons. The maximum atomic E-state index is 2.60. The third-order valence-electron chi connectivity index (χ3n) is 10.2. The van der Waals surface area contributed by atoms with Crippen molar-refractivity contribution in [1.29, 1.82) is 0 Å². The molecular weight excluding hydrogens is 559 g/mol. The van der Waals surface area contributed by atoms with Gasteiger partial charge in [-0.3, -0.25) is 0 Å². The summed E-state index contributed by atoms with van der Waals surface area (Å²) in [5.41, 5.74) is 8.52. The molecule has 0 N–H and O–H groups in total. The lowest BCUT2D eigenvalue weighted by atomic mass is 9.93. The van der Waals surface area contributed by atoms with Gasteiger partial charge in [0, 0.05) is 28.3 Å². The fourth-order valence-corrected chi connectivity index (χ4v) is 13.7. The SMILES string of the molecule is CC1CC=Cc2c1n(C1=CCCC=C1)c1ccc([Si](c3ccccc3)(c3ccccc3-c3ccccc3)C3C=CC=CC3)cc21. The van der Waals surface area contributed by atoms with Gasteiger partial charge in [0.25, 0.3) is 0 Å². The Hall–Kier alpha value is -4.66. The largest absolute Gasteiger partial charge is 0.313 e. The fourth-order valence-electron chi connectivity index (χ4n) is 8.19. The molecule has 2 heteroatoms. The zero-order valence-electron chi connectivity index (χ0n) is 25.9. The van der Waals surface area contributed by atoms with Crippen LogP contribution in [0.5, 0.6) is 0 Å². The Bertz CT molecular complexity index is 2020. The van der Waals surface area contributed by atoms with Crippen molar-refractivity contribution < 1.29 is 0 Å². The smallest absolute Gasteiger partial charge is 0.156 e. The summed E-state index contributed by atoms with van der Waals surface area (Å²) in [6, 6.07) is 39.3. The lowest BCUT2D eigenvalue weighted by Crippen LogP contribution is -2.70. The van der Waals surface area contributed by atoms with Crippen molar-refractivity contribution in [3.63, 3.8) is 0 Å². The van der Waals surface area contributed by atoms with Gasteiger partial charge in [-0.25, -0.2) is 0 Å². The summed E-state index contributed by atoms with van der Waals surface area (Å²) < 4.78 is 2.57. The number of rotatable bonds is 6. The molecule has 1 nitrogen and oxygen atoms in total. The summed E-state index contributed by atoms with van der Waals surface area (Å²) >= 11 is 0. The van der Waals surface area contributed by atoms with E-state index in [0.29, 0.717) is 11.5 Å². The van der Waals surface area contributed by atoms with E-state index in [0.717, 1.165) is 25.7 Å². The van der Waals surface area contributed by atoms with Crippen molar-refractivity contribution in [2.45, 2.75) is 44.1 Å². The average Bonchev–Trinajstić information content (AvgIpc) is 3.46. The molecule has 0 amide bonds. The maximum absolute atomic E-state index is 2.66. The van der Waals surface area contributed by atoms with Crippen LogP contribution in [0.15, 0.2) is 152 Å². The van der Waals surface area contributed by atoms with Crippen LogP contribution < -0.4 is 15.6 Å². The van der Waals surface area contributed by atoms with Crippen LogP contribution in [0.1, 0.15) is 49.8 Å². The van der Waals surface area contributed by atoms with E-state index in [1.165, 1.54) is 54.5 Å². The number of aromatic nitrogens is 1. The van der Waals surface area contributed by atoms with Crippen LogP contribution in [0.3, 0.4) is 0 Å². The monoisotopic (exact) mass is 597 g/mol. The summed E-state index contributed by atoms with van der Waals surface area (Å²) in [4.78, 5) is 0. The van der Waals surface area contributed by atoms with Gasteiger partial charge in [0.2, 0.25) is 0 Å². The fraction of sp³-hybridized carbons (Fsp3) is 0.163. The molecule has 0 bridgehead atoms. The first-order valence-electron chi connectivity index (χ1n) is 16.5. The maximum Gasteiger partial charge on any atom is 0.156 e. The van der Waals surface area contributed by atoms with E-state index in [2.05, 4.69) is 169 Å². The van der Waals surface area contributed by atoms with Gasteiger partial charge >= 0.3 is 0 Å². The van der Waals surface area contributed by atoms with Gasteiger partial charge in [-0.05, 0) is 70.1 Å². The summed E-state index contributed by atoms with van der Waals surface area (Å²) in [6.45, 7) is 2.39. The molecule has 1 aromatic heterocycles. The van der Waals surface area contributed by atoms with Gasteiger partial charge in [0.1, 0.15) is 0 Å². The first-order valence-corrected chi connectivity index (χ1v) is 18.6. The van der Waals surface area contributed by atoms with Crippen LogP contribution in [0, 0.1) is 0 Å². The van der Waals surface area contributed by atoms with Crippen molar-refractivity contribution in [2.75, 3.05) is 0 Å². The van der Waals surface area contributed by atoms with E-state index >= 15 is 0 Å². The molecule has 220 valence electrons. The molecule has 3 unspecified atom stereocenters. The minimum Gasteiger partial charge on any atom is -0.313 e. The molecule has 0 spiro atoms. The predicted molar refractivity (Wildman–Crippen MR) is 196 cm³/mol. The Morgan fingerprint density at radius 1 is 0.689 bits per heavy atom. The second-order valence-electron chi connectivity index (χ2n) is 12.8. The number of benzene rings is 4. The molecule has 3 atom stereocenters. The molecule has 5 aromatic rings. The summed E-state index contributed by atoms with van der Waals surface area (Å²) in [5.74, 6) is 0.471. The van der Waals surface area contributed by atoms with Gasteiger partial charge in [-0.15, -0.1) is 0 Å². The molecule has 0 saturated carbocycles. The van der Waals surface area contributed by atoms with Gasteiger partial charge in [0.15, 0.2) is 8.07 Å². The Morgan fingerprint density at radius 3 is 2.27 bits per heavy atom. The molecule has 0 aliphatic heterocycles. The minimum atomic E-state index is -2.66. The van der Waals surface area contributed by atoms with E-state index in [4.69, 9.17) is 0 Å². The highest BCUT2D eigenvalue weighted by Crippen LogP contribution is 2.41. The molecular formula is C43H39NSi. The second kappa shape index (κ2) is 11.7. The average molecular weight is 598 g/mol. The molecule has 3 aliphatic carbocycles. The summed E-state index contributed by atoms with van der Waals surface area (Å²) in [7, 11) is -2.66. The molecule has 0 fully saturated rings. The van der Waals surface area contributed by atoms with E-state index in [1.807, 2.05) is 0 Å². The highest BCUT2D eigenvalue weighted by atomic mass is 28.3. The topological polar surface area (TPSA) is 4.93 Å². The lowest BCUT2D eigenvalue weighted by molar-refractivity contribution is 0.727. The number of fused-ring (bicyclic) bond motifs is 3. The third kappa shape index (κ3) is 4.59. The van der Waals surface area contributed by atoms with Gasteiger partial charge < -0.3 is 4.57 Å². The van der Waals surface area contributed by atoms with Gasteiger partial charge in [-0.2, -0.15) is 0 Å². The van der Waals surface area contributed by atoms with Crippen LogP contribution in [0.25, 0.3) is 33.8 Å². The van der Waals surface area contributed by atoms with Crippen LogP contribution in [0.2, 0.25) is 5.54 Å². The molecule has 8 rings (SSSR count).